The Kier molecular flexibility index (Phi) is 5.63. The van der Waals surface area contributed by atoms with E-state index in [0.29, 0.717) is 23.4 Å². The van der Waals surface area contributed by atoms with Crippen molar-refractivity contribution in [2.75, 3.05) is 19.1 Å². The molecular weight excluding hydrogens is 317 g/mol. The highest BCUT2D eigenvalue weighted by Gasteiger charge is 2.19. The van der Waals surface area contributed by atoms with Crippen LogP contribution in [0.5, 0.6) is 5.75 Å². The highest BCUT2D eigenvalue weighted by atomic mass is 31.0. The molecule has 0 aromatic heterocycles. The Hall–Kier alpha value is -0.648. The largest absolute Gasteiger partial charge is 0.626 e. The van der Waals surface area contributed by atoms with Crippen LogP contribution in [0.3, 0.4) is 0 Å². The van der Waals surface area contributed by atoms with Crippen LogP contribution < -0.4 is 25.3 Å². The van der Waals surface area contributed by atoms with Crippen LogP contribution in [0.1, 0.15) is 0 Å². The molecule has 0 saturated heterocycles. The van der Waals surface area contributed by atoms with Crippen LogP contribution >= 0.6 is 18.5 Å². The molecule has 2 aromatic rings. The van der Waals surface area contributed by atoms with Gasteiger partial charge in [0.15, 0.2) is 22.6 Å². The van der Waals surface area contributed by atoms with E-state index in [-0.39, 0.29) is 5.06 Å². The van der Waals surface area contributed by atoms with Crippen LogP contribution in [0.15, 0.2) is 30.3 Å². The third-order valence-corrected chi connectivity index (χ3v) is 4.68. The van der Waals surface area contributed by atoms with Crippen LogP contribution in [-0.4, -0.2) is 29.7 Å². The van der Waals surface area contributed by atoms with Crippen LogP contribution in [-0.2, 0) is 0 Å². The standard InChI is InChI=1S/C14H17N2O2P2.Al/c1-18-9-6-12(16(17)8-19)14(13(20)7-9)10-4-2-3-5-11(10)15;/h2-3,5-7,16H,8,15,19-20H2,1H3;/p+1. The summed E-state index contributed by atoms with van der Waals surface area (Å²) in [7, 11) is 5.92. The smallest absolute Gasteiger partial charge is 0.176 e. The quantitative estimate of drug-likeness (QED) is 0.353. The molecule has 0 saturated carbocycles. The fourth-order valence-electron chi connectivity index (χ4n) is 2.27. The number of hydroxylamine groups is 1. The van der Waals surface area contributed by atoms with E-state index in [1.807, 2.05) is 24.3 Å². The maximum atomic E-state index is 12.3. The number of nitrogen functional groups attached to an aromatic ring is 1. The fraction of sp³-hybridized carbons (Fsp3) is 0.143. The number of methoxy groups -OCH3 is 1. The minimum atomic E-state index is 0.0820. The summed E-state index contributed by atoms with van der Waals surface area (Å²) in [5.41, 5.74) is 9.19. The Labute approximate surface area is 137 Å². The summed E-state index contributed by atoms with van der Waals surface area (Å²) in [6, 6.07) is 9.39. The van der Waals surface area contributed by atoms with Gasteiger partial charge in [-0.25, -0.2) is 0 Å². The second-order valence-corrected chi connectivity index (χ2v) is 6.37. The Morgan fingerprint density at radius 3 is 2.67 bits per heavy atom. The van der Waals surface area contributed by atoms with Gasteiger partial charge in [-0.1, -0.05) is 12.1 Å². The van der Waals surface area contributed by atoms with Crippen molar-refractivity contribution in [3.8, 4) is 16.9 Å². The van der Waals surface area contributed by atoms with Gasteiger partial charge in [-0.15, -0.1) is 13.7 Å². The topological polar surface area (TPSA) is 62.8 Å². The van der Waals surface area contributed by atoms with Crippen molar-refractivity contribution in [3.63, 3.8) is 0 Å². The molecule has 2 radical (unpaired) electrons. The number of quaternary nitrogens is 1. The van der Waals surface area contributed by atoms with E-state index >= 15 is 0 Å². The van der Waals surface area contributed by atoms with Crippen LogP contribution in [0.2, 0.25) is 0 Å². The highest BCUT2D eigenvalue weighted by Crippen LogP contribution is 2.31. The molecule has 0 amide bonds. The molecule has 0 aliphatic carbocycles. The van der Waals surface area contributed by atoms with Gasteiger partial charge in [-0.3, -0.25) is 0 Å². The fourth-order valence-corrected chi connectivity index (χ4v) is 3.42. The number of hydrogen-bond donors (Lipinski definition) is 2. The Morgan fingerprint density at radius 2 is 2.10 bits per heavy atom. The van der Waals surface area contributed by atoms with Crippen molar-refractivity contribution in [1.29, 1.82) is 0 Å². The summed E-state index contributed by atoms with van der Waals surface area (Å²) in [4.78, 5) is 0. The number of nitrogens with one attached hydrogen (secondary N) is 1. The Morgan fingerprint density at radius 1 is 1.38 bits per heavy atom. The molecule has 0 heterocycles. The molecule has 2 rings (SSSR count). The minimum Gasteiger partial charge on any atom is -0.626 e. The molecule has 0 aliphatic rings. The lowest BCUT2D eigenvalue weighted by Gasteiger charge is -2.24. The molecule has 3 unspecified atom stereocenters. The predicted octanol–water partition coefficient (Wildman–Crippen LogP) is -0.182. The van der Waals surface area contributed by atoms with E-state index < -0.39 is 0 Å². The van der Waals surface area contributed by atoms with Crippen molar-refractivity contribution < 1.29 is 9.80 Å². The zero-order valence-corrected chi connectivity index (χ0v) is 15.6. The Balaban J connectivity index is 2.78. The summed E-state index contributed by atoms with van der Waals surface area (Å²) in [6.07, 6.45) is 0.462. The van der Waals surface area contributed by atoms with Crippen molar-refractivity contribution in [1.82, 2.24) is 0 Å². The third kappa shape index (κ3) is 3.41. The van der Waals surface area contributed by atoms with Gasteiger partial charge in [0.2, 0.25) is 0 Å². The van der Waals surface area contributed by atoms with Crippen molar-refractivity contribution >= 4 is 55.9 Å². The first-order valence-electron chi connectivity index (χ1n) is 6.43. The lowest BCUT2D eigenvalue weighted by atomic mass is 10.0. The molecule has 0 aliphatic heterocycles. The van der Waals surface area contributed by atoms with E-state index in [1.54, 1.807) is 22.4 Å². The number of ether oxygens (including phenoxy) is 1. The number of nitrogens with two attached hydrogens (primary N) is 1. The Bertz CT molecular complexity index is 647. The van der Waals surface area contributed by atoms with Crippen LogP contribution in [0.25, 0.3) is 11.1 Å². The van der Waals surface area contributed by atoms with Gasteiger partial charge in [0, 0.05) is 21.0 Å². The average molecular weight is 335 g/mol. The van der Waals surface area contributed by atoms with E-state index in [0.717, 1.165) is 20.9 Å². The minimum absolute atomic E-state index is 0.0820. The first-order chi connectivity index (χ1) is 9.99. The molecular formula is C14H18AlN2O2P2+. The molecule has 108 valence electrons. The lowest BCUT2D eigenvalue weighted by molar-refractivity contribution is -0.760. The molecule has 2 aromatic carbocycles. The maximum Gasteiger partial charge on any atom is 0.176 e. The second-order valence-electron chi connectivity index (χ2n) is 4.62. The second kappa shape index (κ2) is 7.08. The molecule has 0 bridgehead atoms. The summed E-state index contributed by atoms with van der Waals surface area (Å²) >= 11 is 2.68. The molecule has 0 fully saturated rings. The number of rotatable bonds is 4. The molecule has 7 heteroatoms. The van der Waals surface area contributed by atoms with Crippen molar-refractivity contribution in [3.05, 3.63) is 35.5 Å². The van der Waals surface area contributed by atoms with E-state index in [4.69, 9.17) is 10.5 Å². The molecule has 0 spiro atoms. The van der Waals surface area contributed by atoms with Gasteiger partial charge in [0.25, 0.3) is 0 Å². The summed E-state index contributed by atoms with van der Waals surface area (Å²) in [5.74, 6) is 0.670. The predicted molar refractivity (Wildman–Crippen MR) is 97.5 cm³/mol. The summed E-state index contributed by atoms with van der Waals surface area (Å²) < 4.78 is 6.25. The molecule has 21 heavy (non-hydrogen) atoms. The zero-order valence-electron chi connectivity index (χ0n) is 11.8. The SMILES string of the molecule is COc1cc(P)c(-c2c(N)ccc[c]2[Al])c([NH+]([O-])C[PH3+])c1. The normalized spacial score (nSPS) is 12.3. The van der Waals surface area contributed by atoms with Gasteiger partial charge in [-0.05, 0) is 23.0 Å². The van der Waals surface area contributed by atoms with E-state index in [2.05, 4.69) is 25.5 Å². The third-order valence-electron chi connectivity index (χ3n) is 3.28. The maximum absolute atomic E-state index is 12.3. The van der Waals surface area contributed by atoms with Crippen molar-refractivity contribution in [2.45, 2.75) is 0 Å². The highest BCUT2D eigenvalue weighted by molar-refractivity contribution is 7.28. The van der Waals surface area contributed by atoms with Crippen molar-refractivity contribution in [2.24, 2.45) is 0 Å². The summed E-state index contributed by atoms with van der Waals surface area (Å²) in [6.45, 7) is 0. The van der Waals surface area contributed by atoms with Crippen LogP contribution in [0, 0.1) is 5.21 Å². The van der Waals surface area contributed by atoms with Crippen LogP contribution in [0.4, 0.5) is 11.4 Å². The monoisotopic (exact) mass is 335 g/mol. The van der Waals surface area contributed by atoms with E-state index in [9.17, 15) is 5.21 Å². The van der Waals surface area contributed by atoms with Gasteiger partial charge >= 0.3 is 0 Å². The first-order valence-corrected chi connectivity index (χ1v) is 8.59. The average Bonchev–Trinajstić information content (AvgIpc) is 2.47. The zero-order chi connectivity index (χ0) is 15.6. The van der Waals surface area contributed by atoms with E-state index in [1.165, 1.54) is 0 Å². The summed E-state index contributed by atoms with van der Waals surface area (Å²) in [5, 5.41) is 13.3. The number of anilines is 1. The number of hydrogen-bond acceptors (Lipinski definition) is 3. The first kappa shape index (κ1) is 16.7. The molecule has 3 N–H and O–H groups in total. The van der Waals surface area contributed by atoms with Gasteiger partial charge in [0.1, 0.15) is 11.4 Å². The lowest BCUT2D eigenvalue weighted by Crippen LogP contribution is -3.01. The van der Waals surface area contributed by atoms with Gasteiger partial charge in [-0.2, -0.15) is 0 Å². The van der Waals surface area contributed by atoms with Gasteiger partial charge < -0.3 is 20.7 Å². The number of benzene rings is 2. The molecule has 3 atom stereocenters. The van der Waals surface area contributed by atoms with Gasteiger partial charge in [0.05, 0.1) is 12.7 Å². The molecule has 4 nitrogen and oxygen atoms in total.